The smallest absolute Gasteiger partial charge is 0.121 e. The lowest BCUT2D eigenvalue weighted by atomic mass is 10.2. The normalized spacial score (nSPS) is 14.2. The van der Waals surface area contributed by atoms with Crippen LogP contribution in [-0.4, -0.2) is 30.0 Å². The molecule has 0 unspecified atom stereocenters. The second-order valence-electron chi connectivity index (χ2n) is 5.40. The molecule has 1 saturated carbocycles. The molecule has 1 aliphatic carbocycles. The third-order valence-corrected chi connectivity index (χ3v) is 3.76. The van der Waals surface area contributed by atoms with Crippen molar-refractivity contribution in [3.05, 3.63) is 36.2 Å². The Bertz CT molecular complexity index is 604. The monoisotopic (exact) mass is 286 g/mol. The van der Waals surface area contributed by atoms with E-state index in [0.29, 0.717) is 12.5 Å². The van der Waals surface area contributed by atoms with Crippen LogP contribution in [0.5, 0.6) is 5.75 Å². The fraction of sp³-hybridized carbons (Fsp3) is 0.438. The summed E-state index contributed by atoms with van der Waals surface area (Å²) in [6.07, 6.45) is 5.36. The standard InChI is InChI=1S/C16H22N4O/c1-21-14-5-2-4-13(10-14)20-16(12-6-7-12)15(11-19-20)18-9-3-8-17/h2,4-5,10-12,18H,3,6-9,17H2,1H3. The first-order valence-corrected chi connectivity index (χ1v) is 7.49. The van der Waals surface area contributed by atoms with Crippen LogP contribution in [0.3, 0.4) is 0 Å². The number of rotatable bonds is 7. The summed E-state index contributed by atoms with van der Waals surface area (Å²) in [5, 5.41) is 8.03. The number of hydrogen-bond acceptors (Lipinski definition) is 4. The van der Waals surface area contributed by atoms with Crippen LogP contribution in [0.25, 0.3) is 5.69 Å². The molecule has 1 fully saturated rings. The van der Waals surface area contributed by atoms with E-state index in [9.17, 15) is 0 Å². The Hall–Kier alpha value is -2.01. The first-order chi connectivity index (χ1) is 10.3. The van der Waals surface area contributed by atoms with Gasteiger partial charge in [0, 0.05) is 18.5 Å². The van der Waals surface area contributed by atoms with Gasteiger partial charge in [-0.2, -0.15) is 5.10 Å². The maximum Gasteiger partial charge on any atom is 0.121 e. The minimum Gasteiger partial charge on any atom is -0.497 e. The van der Waals surface area contributed by atoms with E-state index in [1.807, 2.05) is 29.1 Å². The summed E-state index contributed by atoms with van der Waals surface area (Å²) in [6.45, 7) is 1.59. The molecule has 112 valence electrons. The van der Waals surface area contributed by atoms with Gasteiger partial charge in [-0.05, 0) is 37.9 Å². The van der Waals surface area contributed by atoms with Gasteiger partial charge in [0.15, 0.2) is 0 Å². The molecule has 0 spiro atoms. The first kappa shape index (κ1) is 13.9. The van der Waals surface area contributed by atoms with Gasteiger partial charge in [0.25, 0.3) is 0 Å². The molecule has 0 amide bonds. The zero-order valence-corrected chi connectivity index (χ0v) is 12.4. The highest BCUT2D eigenvalue weighted by molar-refractivity contribution is 5.53. The third kappa shape index (κ3) is 3.03. The van der Waals surface area contributed by atoms with Gasteiger partial charge in [-0.15, -0.1) is 0 Å². The lowest BCUT2D eigenvalue weighted by molar-refractivity contribution is 0.414. The molecule has 3 rings (SSSR count). The van der Waals surface area contributed by atoms with Crippen molar-refractivity contribution >= 4 is 5.69 Å². The van der Waals surface area contributed by atoms with Crippen LogP contribution in [-0.2, 0) is 0 Å². The number of methoxy groups -OCH3 is 1. The van der Waals surface area contributed by atoms with Crippen LogP contribution in [0.1, 0.15) is 30.9 Å². The average molecular weight is 286 g/mol. The highest BCUT2D eigenvalue weighted by atomic mass is 16.5. The number of anilines is 1. The lowest BCUT2D eigenvalue weighted by Gasteiger charge is -2.11. The Morgan fingerprint density at radius 1 is 1.43 bits per heavy atom. The van der Waals surface area contributed by atoms with Gasteiger partial charge < -0.3 is 15.8 Å². The lowest BCUT2D eigenvalue weighted by Crippen LogP contribution is -2.10. The molecule has 1 aliphatic rings. The Morgan fingerprint density at radius 3 is 3.00 bits per heavy atom. The van der Waals surface area contributed by atoms with E-state index in [1.54, 1.807) is 7.11 Å². The second-order valence-corrected chi connectivity index (χ2v) is 5.40. The van der Waals surface area contributed by atoms with Crippen LogP contribution >= 0.6 is 0 Å². The molecule has 1 heterocycles. The van der Waals surface area contributed by atoms with E-state index < -0.39 is 0 Å². The molecular formula is C16H22N4O. The first-order valence-electron chi connectivity index (χ1n) is 7.49. The summed E-state index contributed by atoms with van der Waals surface area (Å²) < 4.78 is 7.34. The quantitative estimate of drug-likeness (QED) is 0.768. The molecule has 0 radical (unpaired) electrons. The summed E-state index contributed by atoms with van der Waals surface area (Å²) in [6, 6.07) is 8.02. The van der Waals surface area contributed by atoms with E-state index in [1.165, 1.54) is 18.5 Å². The highest BCUT2D eigenvalue weighted by Crippen LogP contribution is 2.44. The largest absolute Gasteiger partial charge is 0.497 e. The van der Waals surface area contributed by atoms with Crippen molar-refractivity contribution in [1.29, 1.82) is 0 Å². The molecule has 3 N–H and O–H groups in total. The molecule has 0 saturated heterocycles. The van der Waals surface area contributed by atoms with Gasteiger partial charge >= 0.3 is 0 Å². The Morgan fingerprint density at radius 2 is 2.29 bits per heavy atom. The predicted molar refractivity (Wildman–Crippen MR) is 84.3 cm³/mol. The summed E-state index contributed by atoms with van der Waals surface area (Å²) >= 11 is 0. The van der Waals surface area contributed by atoms with Crippen molar-refractivity contribution in [3.8, 4) is 11.4 Å². The summed E-state index contributed by atoms with van der Waals surface area (Å²) in [5.41, 5.74) is 9.01. The Labute approximate surface area is 125 Å². The van der Waals surface area contributed by atoms with Gasteiger partial charge in [-0.25, -0.2) is 4.68 Å². The molecule has 1 aromatic carbocycles. The molecule has 1 aromatic heterocycles. The van der Waals surface area contributed by atoms with Gasteiger partial charge in [-0.3, -0.25) is 0 Å². The second kappa shape index (κ2) is 6.18. The molecule has 5 heteroatoms. The summed E-state index contributed by atoms with van der Waals surface area (Å²) in [5.74, 6) is 1.46. The molecule has 5 nitrogen and oxygen atoms in total. The average Bonchev–Trinajstić information content (AvgIpc) is 3.28. The van der Waals surface area contributed by atoms with Gasteiger partial charge in [0.05, 0.1) is 30.4 Å². The van der Waals surface area contributed by atoms with Crippen molar-refractivity contribution < 1.29 is 4.74 Å². The number of aromatic nitrogens is 2. The predicted octanol–water partition coefficient (Wildman–Crippen LogP) is 2.52. The Balaban J connectivity index is 1.90. The minimum absolute atomic E-state index is 0.610. The number of nitrogens with two attached hydrogens (primary N) is 1. The number of nitrogens with zero attached hydrogens (tertiary/aromatic N) is 2. The number of hydrogen-bond donors (Lipinski definition) is 2. The fourth-order valence-corrected chi connectivity index (χ4v) is 2.52. The van der Waals surface area contributed by atoms with Crippen LogP contribution in [0, 0.1) is 0 Å². The fourth-order valence-electron chi connectivity index (χ4n) is 2.52. The van der Waals surface area contributed by atoms with E-state index in [2.05, 4.69) is 16.5 Å². The van der Waals surface area contributed by atoms with Crippen LogP contribution in [0.2, 0.25) is 0 Å². The molecule has 0 aliphatic heterocycles. The van der Waals surface area contributed by atoms with Crippen molar-refractivity contribution in [3.63, 3.8) is 0 Å². The molecule has 0 atom stereocenters. The SMILES string of the molecule is COc1cccc(-n2ncc(NCCCN)c2C2CC2)c1. The zero-order chi connectivity index (χ0) is 14.7. The zero-order valence-electron chi connectivity index (χ0n) is 12.4. The van der Waals surface area contributed by atoms with Crippen molar-refractivity contribution in [2.45, 2.75) is 25.2 Å². The number of benzene rings is 1. The molecule has 21 heavy (non-hydrogen) atoms. The molecule has 0 bridgehead atoms. The molecular weight excluding hydrogens is 264 g/mol. The van der Waals surface area contributed by atoms with Crippen molar-refractivity contribution in [2.75, 3.05) is 25.5 Å². The third-order valence-electron chi connectivity index (χ3n) is 3.76. The highest BCUT2D eigenvalue weighted by Gasteiger charge is 2.30. The van der Waals surface area contributed by atoms with Crippen molar-refractivity contribution in [2.24, 2.45) is 5.73 Å². The maximum absolute atomic E-state index is 5.56. The van der Waals surface area contributed by atoms with Crippen molar-refractivity contribution in [1.82, 2.24) is 9.78 Å². The van der Waals surface area contributed by atoms with E-state index in [4.69, 9.17) is 10.5 Å². The van der Waals surface area contributed by atoms with E-state index in [0.717, 1.165) is 30.1 Å². The van der Waals surface area contributed by atoms with Gasteiger partial charge in [0.1, 0.15) is 5.75 Å². The van der Waals surface area contributed by atoms with Crippen LogP contribution < -0.4 is 15.8 Å². The molecule has 2 aromatic rings. The van der Waals surface area contributed by atoms with E-state index in [-0.39, 0.29) is 0 Å². The minimum atomic E-state index is 0.610. The number of ether oxygens (including phenoxy) is 1. The number of nitrogens with one attached hydrogen (secondary N) is 1. The maximum atomic E-state index is 5.56. The summed E-state index contributed by atoms with van der Waals surface area (Å²) in [4.78, 5) is 0. The topological polar surface area (TPSA) is 65.1 Å². The Kier molecular flexibility index (Phi) is 4.10. The van der Waals surface area contributed by atoms with Crippen LogP contribution in [0.4, 0.5) is 5.69 Å². The van der Waals surface area contributed by atoms with E-state index >= 15 is 0 Å². The van der Waals surface area contributed by atoms with Gasteiger partial charge in [0.2, 0.25) is 0 Å². The van der Waals surface area contributed by atoms with Gasteiger partial charge in [-0.1, -0.05) is 6.07 Å². The summed E-state index contributed by atoms with van der Waals surface area (Å²) in [7, 11) is 1.68. The van der Waals surface area contributed by atoms with Crippen LogP contribution in [0.15, 0.2) is 30.5 Å².